The van der Waals surface area contributed by atoms with Gasteiger partial charge in [0, 0.05) is 10.2 Å². The molecule has 0 spiro atoms. The molecular formula is C10H14Br2Cl2. The molecule has 0 unspecified atom stereocenters. The van der Waals surface area contributed by atoms with Crippen LogP contribution in [0, 0.1) is 5.41 Å². The first-order valence-electron chi connectivity index (χ1n) is 4.57. The molecule has 0 aromatic carbocycles. The van der Waals surface area contributed by atoms with Crippen LogP contribution in [0.15, 0.2) is 11.1 Å². The smallest absolute Gasteiger partial charge is 0.0590 e. The molecular weight excluding hydrogens is 351 g/mol. The first-order chi connectivity index (χ1) is 6.32. The lowest BCUT2D eigenvalue weighted by Gasteiger charge is -2.46. The van der Waals surface area contributed by atoms with Crippen molar-refractivity contribution in [3.05, 3.63) is 11.1 Å². The first-order valence-corrected chi connectivity index (χ1v) is 7.21. The van der Waals surface area contributed by atoms with Gasteiger partial charge in [-0.25, -0.2) is 0 Å². The zero-order valence-corrected chi connectivity index (χ0v) is 12.9. The van der Waals surface area contributed by atoms with Gasteiger partial charge in [0.1, 0.15) is 0 Å². The van der Waals surface area contributed by atoms with Crippen molar-refractivity contribution in [2.45, 2.75) is 41.8 Å². The Morgan fingerprint density at radius 3 is 2.50 bits per heavy atom. The molecule has 4 atom stereocenters. The van der Waals surface area contributed by atoms with E-state index in [2.05, 4.69) is 44.9 Å². The third-order valence-corrected chi connectivity index (χ3v) is 5.81. The number of allylic oxidation sites excluding steroid dienone is 1. The van der Waals surface area contributed by atoms with Gasteiger partial charge < -0.3 is 0 Å². The Morgan fingerprint density at radius 2 is 2.00 bits per heavy atom. The highest BCUT2D eigenvalue weighted by Crippen LogP contribution is 2.50. The van der Waals surface area contributed by atoms with Crippen LogP contribution in [0.2, 0.25) is 0 Å². The lowest BCUT2D eigenvalue weighted by molar-refractivity contribution is 0.260. The van der Waals surface area contributed by atoms with E-state index in [0.29, 0.717) is 4.83 Å². The summed E-state index contributed by atoms with van der Waals surface area (Å²) in [6.45, 7) is 4.22. The van der Waals surface area contributed by atoms with E-state index >= 15 is 0 Å². The van der Waals surface area contributed by atoms with Gasteiger partial charge in [-0.15, -0.1) is 23.2 Å². The molecule has 1 aliphatic rings. The number of halogens is 4. The highest BCUT2D eigenvalue weighted by molar-refractivity contribution is 9.11. The summed E-state index contributed by atoms with van der Waals surface area (Å²) in [5.74, 6) is 0. The van der Waals surface area contributed by atoms with Gasteiger partial charge in [0.15, 0.2) is 0 Å². The lowest BCUT2D eigenvalue weighted by Crippen LogP contribution is -2.46. The van der Waals surface area contributed by atoms with Crippen LogP contribution in [0.1, 0.15) is 26.7 Å². The van der Waals surface area contributed by atoms with Crippen molar-refractivity contribution < 1.29 is 0 Å². The topological polar surface area (TPSA) is 0 Å². The zero-order valence-electron chi connectivity index (χ0n) is 8.24. The Morgan fingerprint density at radius 1 is 1.43 bits per heavy atom. The van der Waals surface area contributed by atoms with E-state index in [1.807, 2.05) is 11.9 Å². The summed E-state index contributed by atoms with van der Waals surface area (Å²) in [6.07, 6.45) is 3.93. The Labute approximate surface area is 113 Å². The second-order valence-corrected chi connectivity index (χ2v) is 7.45. The molecule has 0 aliphatic heterocycles. The summed E-state index contributed by atoms with van der Waals surface area (Å²) >= 11 is 19.7. The minimum absolute atomic E-state index is 0.0327. The third-order valence-electron chi connectivity index (χ3n) is 2.95. The van der Waals surface area contributed by atoms with Gasteiger partial charge >= 0.3 is 0 Å². The molecule has 1 saturated carbocycles. The van der Waals surface area contributed by atoms with Gasteiger partial charge in [-0.05, 0) is 24.8 Å². The number of rotatable bonds is 1. The summed E-state index contributed by atoms with van der Waals surface area (Å²) < 4.78 is 0. The maximum absolute atomic E-state index is 6.41. The molecule has 4 heteroatoms. The Kier molecular flexibility index (Phi) is 4.43. The van der Waals surface area contributed by atoms with Crippen LogP contribution in [0.3, 0.4) is 0 Å². The van der Waals surface area contributed by atoms with Crippen LogP contribution < -0.4 is 0 Å². The van der Waals surface area contributed by atoms with Crippen LogP contribution in [0.4, 0.5) is 0 Å². The SMILES string of the molecule is C[C@]1(Cl)C[C@@](C)(/C=C/Br)[C@@H](Br)C[C@H]1Cl. The molecule has 82 valence electrons. The third kappa shape index (κ3) is 2.69. The predicted molar refractivity (Wildman–Crippen MR) is 72.0 cm³/mol. The highest BCUT2D eigenvalue weighted by atomic mass is 79.9. The van der Waals surface area contributed by atoms with Crippen LogP contribution in [-0.2, 0) is 0 Å². The quantitative estimate of drug-likeness (QED) is 0.570. The van der Waals surface area contributed by atoms with Gasteiger partial charge in [-0.2, -0.15) is 0 Å². The molecule has 0 heterocycles. The maximum atomic E-state index is 6.41. The summed E-state index contributed by atoms with van der Waals surface area (Å²) in [7, 11) is 0. The predicted octanol–water partition coefficient (Wildman–Crippen LogP) is 5.06. The van der Waals surface area contributed by atoms with Crippen molar-refractivity contribution >= 4 is 55.1 Å². The molecule has 1 fully saturated rings. The maximum Gasteiger partial charge on any atom is 0.0590 e. The van der Waals surface area contributed by atoms with E-state index in [-0.39, 0.29) is 15.7 Å². The Hall–Kier alpha value is 1.28. The highest BCUT2D eigenvalue weighted by Gasteiger charge is 2.47. The minimum atomic E-state index is -0.312. The van der Waals surface area contributed by atoms with Crippen LogP contribution in [0.25, 0.3) is 0 Å². The van der Waals surface area contributed by atoms with Gasteiger partial charge in [-0.3, -0.25) is 0 Å². The van der Waals surface area contributed by atoms with E-state index in [1.165, 1.54) is 0 Å². The normalized spacial score (nSPS) is 49.9. The molecule has 0 N–H and O–H groups in total. The van der Waals surface area contributed by atoms with E-state index in [4.69, 9.17) is 23.2 Å². The van der Waals surface area contributed by atoms with E-state index in [1.54, 1.807) is 0 Å². The second kappa shape index (κ2) is 4.65. The van der Waals surface area contributed by atoms with E-state index in [0.717, 1.165) is 12.8 Å². The Bertz CT molecular complexity index is 240. The van der Waals surface area contributed by atoms with Crippen molar-refractivity contribution in [2.24, 2.45) is 5.41 Å². The van der Waals surface area contributed by atoms with Gasteiger partial charge in [0.25, 0.3) is 0 Å². The van der Waals surface area contributed by atoms with Gasteiger partial charge in [0.2, 0.25) is 0 Å². The molecule has 14 heavy (non-hydrogen) atoms. The average Bonchev–Trinajstić information content (AvgIpc) is 2.01. The largest absolute Gasteiger partial charge is 0.121 e. The van der Waals surface area contributed by atoms with Crippen molar-refractivity contribution in [1.29, 1.82) is 0 Å². The monoisotopic (exact) mass is 362 g/mol. The van der Waals surface area contributed by atoms with Gasteiger partial charge in [0.05, 0.1) is 10.3 Å². The second-order valence-electron chi connectivity index (χ2n) is 4.42. The fourth-order valence-electron chi connectivity index (χ4n) is 1.97. The molecule has 0 nitrogen and oxygen atoms in total. The van der Waals surface area contributed by atoms with Crippen LogP contribution >= 0.6 is 55.1 Å². The lowest BCUT2D eigenvalue weighted by atomic mass is 9.71. The summed E-state index contributed by atoms with van der Waals surface area (Å²) in [5.41, 5.74) is 0.0748. The Balaban J connectivity index is 2.89. The summed E-state index contributed by atoms with van der Waals surface area (Å²) in [5, 5.41) is 0.0327. The fraction of sp³-hybridized carbons (Fsp3) is 0.800. The van der Waals surface area contributed by atoms with Crippen LogP contribution in [0.5, 0.6) is 0 Å². The number of alkyl halides is 3. The van der Waals surface area contributed by atoms with Crippen molar-refractivity contribution in [2.75, 3.05) is 0 Å². The fourth-order valence-corrected chi connectivity index (χ4v) is 4.11. The molecule has 0 bridgehead atoms. The number of hydrogen-bond donors (Lipinski definition) is 0. The van der Waals surface area contributed by atoms with Crippen LogP contribution in [-0.4, -0.2) is 15.1 Å². The zero-order chi connectivity index (χ0) is 11.0. The van der Waals surface area contributed by atoms with E-state index < -0.39 is 0 Å². The van der Waals surface area contributed by atoms with Crippen molar-refractivity contribution in [3.8, 4) is 0 Å². The van der Waals surface area contributed by atoms with Gasteiger partial charge in [-0.1, -0.05) is 44.9 Å². The van der Waals surface area contributed by atoms with Crippen molar-refractivity contribution in [3.63, 3.8) is 0 Å². The molecule has 0 saturated heterocycles. The van der Waals surface area contributed by atoms with E-state index in [9.17, 15) is 0 Å². The first kappa shape index (κ1) is 13.3. The van der Waals surface area contributed by atoms with Crippen molar-refractivity contribution in [1.82, 2.24) is 0 Å². The molecule has 0 radical (unpaired) electrons. The molecule has 0 aromatic heterocycles. The summed E-state index contributed by atoms with van der Waals surface area (Å²) in [6, 6.07) is 0. The minimum Gasteiger partial charge on any atom is -0.121 e. The molecule has 0 aromatic rings. The summed E-state index contributed by atoms with van der Waals surface area (Å²) in [4.78, 5) is 1.98. The number of hydrogen-bond acceptors (Lipinski definition) is 0. The molecule has 0 amide bonds. The molecule has 1 rings (SSSR count). The standard InChI is InChI=1S/C10H14Br2Cl2/c1-9(3-4-11)6-10(2,14)8(13)5-7(9)12/h3-4,7-8H,5-6H2,1-2H3/b4-3+/t7-,8+,9+,10-/m0/s1. The molecule has 1 aliphatic carbocycles. The average molecular weight is 365 g/mol.